The molecule has 3 aliphatic rings. The zero-order valence-electron chi connectivity index (χ0n) is 6.68. The largest absolute Gasteiger partial charge is 0.481 e. The van der Waals surface area contributed by atoms with E-state index in [1.54, 1.807) is 0 Å². The van der Waals surface area contributed by atoms with Crippen molar-refractivity contribution < 1.29 is 19.8 Å². The monoisotopic (exact) mass is 180 g/mol. The Morgan fingerprint density at radius 2 is 1.92 bits per heavy atom. The van der Waals surface area contributed by atoms with Crippen LogP contribution < -0.4 is 0 Å². The van der Waals surface area contributed by atoms with Crippen LogP contribution in [0, 0.1) is 29.1 Å². The average molecular weight is 180 g/mol. The maximum Gasteiger partial charge on any atom is 0.311 e. The molecule has 0 aromatic rings. The molecule has 2 N–H and O–H groups in total. The van der Waals surface area contributed by atoms with Gasteiger partial charge in [0.15, 0.2) is 0 Å². The fraction of sp³-hybridized carbons (Fsp3) is 0.556. The summed E-state index contributed by atoms with van der Waals surface area (Å²) in [4.78, 5) is 21.8. The minimum Gasteiger partial charge on any atom is -0.481 e. The van der Waals surface area contributed by atoms with Gasteiger partial charge in [-0.15, -0.1) is 0 Å². The van der Waals surface area contributed by atoms with Gasteiger partial charge in [0.05, 0.1) is 11.3 Å². The zero-order valence-corrected chi connectivity index (χ0v) is 6.68. The third-order valence-electron chi connectivity index (χ3n) is 3.87. The molecule has 0 aromatic carbocycles. The molecule has 3 rings (SSSR count). The molecule has 2 fully saturated rings. The molecule has 0 amide bonds. The Hall–Kier alpha value is -1.32. The fourth-order valence-corrected chi connectivity index (χ4v) is 3.39. The van der Waals surface area contributed by atoms with Crippen LogP contribution in [0.25, 0.3) is 0 Å². The van der Waals surface area contributed by atoms with E-state index in [0.29, 0.717) is 0 Å². The van der Waals surface area contributed by atoms with Gasteiger partial charge in [-0.25, -0.2) is 0 Å². The fourth-order valence-electron chi connectivity index (χ4n) is 3.39. The van der Waals surface area contributed by atoms with Crippen molar-refractivity contribution in [2.24, 2.45) is 29.1 Å². The number of rotatable bonds is 2. The van der Waals surface area contributed by atoms with E-state index in [4.69, 9.17) is 10.2 Å². The average Bonchev–Trinajstić information content (AvgIpc) is 2.36. The molecule has 3 aliphatic carbocycles. The van der Waals surface area contributed by atoms with E-state index in [1.807, 2.05) is 12.2 Å². The van der Waals surface area contributed by atoms with Crippen molar-refractivity contribution in [3.8, 4) is 0 Å². The Labute approximate surface area is 73.9 Å². The third-order valence-corrected chi connectivity index (χ3v) is 3.87. The first kappa shape index (κ1) is 7.12. The van der Waals surface area contributed by atoms with Crippen LogP contribution in [0.2, 0.25) is 0 Å². The topological polar surface area (TPSA) is 74.6 Å². The van der Waals surface area contributed by atoms with Crippen molar-refractivity contribution >= 4 is 11.9 Å². The standard InChI is InChI=1S/C9H8O4/c10-7(11)6-3-1-2-4-5(3)9(4,6)8(12)13/h1-6H,(H,10,11)(H,12,13)/t3?,4?,5?,6-,9+/m0/s1. The van der Waals surface area contributed by atoms with E-state index < -0.39 is 23.3 Å². The van der Waals surface area contributed by atoms with E-state index >= 15 is 0 Å². The first-order valence-electron chi connectivity index (χ1n) is 4.26. The summed E-state index contributed by atoms with van der Waals surface area (Å²) in [5.74, 6) is -2.50. The molecular formula is C9H8O4. The third kappa shape index (κ3) is 0.463. The molecule has 0 saturated heterocycles. The second-order valence-corrected chi connectivity index (χ2v) is 4.07. The normalized spacial score (nSPS) is 53.8. The Bertz CT molecular complexity index is 351. The molecule has 0 bridgehead atoms. The zero-order chi connectivity index (χ0) is 9.38. The van der Waals surface area contributed by atoms with Crippen molar-refractivity contribution in [2.45, 2.75) is 0 Å². The highest BCUT2D eigenvalue weighted by Crippen LogP contribution is 2.81. The van der Waals surface area contributed by atoms with Crippen molar-refractivity contribution in [1.82, 2.24) is 0 Å². The lowest BCUT2D eigenvalue weighted by Crippen LogP contribution is -2.48. The maximum atomic E-state index is 11.0. The first-order valence-corrected chi connectivity index (χ1v) is 4.26. The molecule has 0 heterocycles. The van der Waals surface area contributed by atoms with E-state index in [9.17, 15) is 9.59 Å². The van der Waals surface area contributed by atoms with Gasteiger partial charge in [-0.3, -0.25) is 9.59 Å². The lowest BCUT2D eigenvalue weighted by Gasteiger charge is -2.37. The number of hydrogen-bond acceptors (Lipinski definition) is 2. The summed E-state index contributed by atoms with van der Waals surface area (Å²) >= 11 is 0. The molecule has 0 aromatic heterocycles. The number of hydrogen-bond donors (Lipinski definition) is 2. The minimum atomic E-state index is -0.962. The molecule has 0 aliphatic heterocycles. The number of carboxylic acids is 2. The summed E-state index contributed by atoms with van der Waals surface area (Å²) in [5.41, 5.74) is -0.925. The summed E-state index contributed by atoms with van der Waals surface area (Å²) in [6.07, 6.45) is 3.72. The SMILES string of the molecule is O=C(O)[C@@H]1C2C=CC3C2[C@]31C(=O)O. The molecule has 4 nitrogen and oxygen atoms in total. The van der Waals surface area contributed by atoms with Gasteiger partial charge in [-0.2, -0.15) is 0 Å². The highest BCUT2D eigenvalue weighted by atomic mass is 16.4. The quantitative estimate of drug-likeness (QED) is 0.595. The Morgan fingerprint density at radius 1 is 1.23 bits per heavy atom. The molecule has 0 spiro atoms. The summed E-state index contributed by atoms with van der Waals surface area (Å²) < 4.78 is 0. The van der Waals surface area contributed by atoms with Gasteiger partial charge in [0.25, 0.3) is 0 Å². The van der Waals surface area contributed by atoms with E-state index in [2.05, 4.69) is 0 Å². The molecule has 0 radical (unpaired) electrons. The van der Waals surface area contributed by atoms with Gasteiger partial charge in [0, 0.05) is 0 Å². The van der Waals surface area contributed by atoms with Gasteiger partial charge < -0.3 is 10.2 Å². The smallest absolute Gasteiger partial charge is 0.311 e. The predicted octanol–water partition coefficient (Wildman–Crippen LogP) is 0.204. The minimum absolute atomic E-state index is 0.00361. The lowest BCUT2D eigenvalue weighted by molar-refractivity contribution is -0.166. The van der Waals surface area contributed by atoms with Crippen LogP contribution in [-0.2, 0) is 9.59 Å². The van der Waals surface area contributed by atoms with Crippen LogP contribution in [0.15, 0.2) is 12.2 Å². The molecule has 4 heteroatoms. The second-order valence-electron chi connectivity index (χ2n) is 4.07. The van der Waals surface area contributed by atoms with Crippen LogP contribution in [0.1, 0.15) is 0 Å². The number of carboxylic acid groups (broad SMARTS) is 2. The molecule has 5 atom stereocenters. The Morgan fingerprint density at radius 3 is 2.31 bits per heavy atom. The summed E-state index contributed by atoms with van der Waals surface area (Å²) in [6.45, 7) is 0. The van der Waals surface area contributed by atoms with Crippen molar-refractivity contribution in [3.63, 3.8) is 0 Å². The highest BCUT2D eigenvalue weighted by molar-refractivity contribution is 5.92. The van der Waals surface area contributed by atoms with Crippen molar-refractivity contribution in [2.75, 3.05) is 0 Å². The molecule has 68 valence electrons. The van der Waals surface area contributed by atoms with Gasteiger partial charge in [0.1, 0.15) is 0 Å². The van der Waals surface area contributed by atoms with Gasteiger partial charge in [-0.1, -0.05) is 12.2 Å². The van der Waals surface area contributed by atoms with Crippen LogP contribution in [0.5, 0.6) is 0 Å². The van der Waals surface area contributed by atoms with E-state index in [0.717, 1.165) is 0 Å². The summed E-state index contributed by atoms with van der Waals surface area (Å²) in [6, 6.07) is 0. The van der Waals surface area contributed by atoms with Crippen LogP contribution in [0.4, 0.5) is 0 Å². The van der Waals surface area contributed by atoms with Crippen molar-refractivity contribution in [3.05, 3.63) is 12.2 Å². The summed E-state index contributed by atoms with van der Waals surface area (Å²) in [7, 11) is 0. The number of allylic oxidation sites excluding steroid dienone is 2. The predicted molar refractivity (Wildman–Crippen MR) is 40.8 cm³/mol. The second kappa shape index (κ2) is 1.64. The lowest BCUT2D eigenvalue weighted by atomic mass is 9.63. The Kier molecular flexibility index (Phi) is 0.900. The first-order chi connectivity index (χ1) is 6.11. The van der Waals surface area contributed by atoms with Crippen LogP contribution >= 0.6 is 0 Å². The number of fused-ring (bicyclic) bond motifs is 1. The van der Waals surface area contributed by atoms with Gasteiger partial charge in [-0.05, 0) is 17.8 Å². The van der Waals surface area contributed by atoms with Crippen molar-refractivity contribution in [1.29, 1.82) is 0 Å². The van der Waals surface area contributed by atoms with Gasteiger partial charge >= 0.3 is 11.9 Å². The molecular weight excluding hydrogens is 172 g/mol. The van der Waals surface area contributed by atoms with Gasteiger partial charge in [0.2, 0.25) is 0 Å². The maximum absolute atomic E-state index is 11.0. The highest BCUT2D eigenvalue weighted by Gasteiger charge is 2.87. The molecule has 13 heavy (non-hydrogen) atoms. The molecule has 3 unspecified atom stereocenters. The molecule has 2 saturated carbocycles. The van der Waals surface area contributed by atoms with Crippen LogP contribution in [0.3, 0.4) is 0 Å². The summed E-state index contributed by atoms with van der Waals surface area (Å²) in [5, 5.41) is 17.8. The number of carbonyl (C=O) groups is 2. The van der Waals surface area contributed by atoms with Crippen LogP contribution in [-0.4, -0.2) is 22.2 Å². The van der Waals surface area contributed by atoms with E-state index in [-0.39, 0.29) is 17.8 Å². The van der Waals surface area contributed by atoms with E-state index in [1.165, 1.54) is 0 Å². The number of aliphatic carboxylic acids is 2. The Balaban J connectivity index is 2.05.